The molecule has 0 atom stereocenters. The molecule has 2 rings (SSSR count). The van der Waals surface area contributed by atoms with Crippen LogP contribution in [0.15, 0.2) is 24.5 Å². The molecule has 0 aliphatic heterocycles. The molecular formula is C12H11FN2O. The number of nitrogens with one attached hydrogen (secondary N) is 1. The van der Waals surface area contributed by atoms with Gasteiger partial charge in [0.25, 0.3) is 0 Å². The summed E-state index contributed by atoms with van der Waals surface area (Å²) < 4.78 is 13.7. The molecule has 0 bridgehead atoms. The Balaban J connectivity index is 2.53. The molecule has 0 aliphatic carbocycles. The molecule has 0 radical (unpaired) electrons. The lowest BCUT2D eigenvalue weighted by atomic mass is 10.0. The van der Waals surface area contributed by atoms with Gasteiger partial charge in [-0.2, -0.15) is 0 Å². The Labute approximate surface area is 92.3 Å². The summed E-state index contributed by atoms with van der Waals surface area (Å²) in [6.45, 7) is 3.50. The summed E-state index contributed by atoms with van der Waals surface area (Å²) in [5.41, 5.74) is 1.51. The fraction of sp³-hybridized carbons (Fsp3) is 0.167. The van der Waals surface area contributed by atoms with E-state index in [2.05, 4.69) is 9.97 Å². The highest BCUT2D eigenvalue weighted by molar-refractivity contribution is 6.07. The maximum atomic E-state index is 13.7. The minimum atomic E-state index is -0.501. The van der Waals surface area contributed by atoms with Gasteiger partial charge in [-0.25, -0.2) is 9.37 Å². The van der Waals surface area contributed by atoms with Gasteiger partial charge in [-0.05, 0) is 31.0 Å². The third-order valence-electron chi connectivity index (χ3n) is 2.37. The second-order valence-corrected chi connectivity index (χ2v) is 3.71. The van der Waals surface area contributed by atoms with Gasteiger partial charge in [0.2, 0.25) is 5.78 Å². The number of carbonyl (C=O) groups excluding carboxylic acids is 1. The lowest BCUT2D eigenvalue weighted by molar-refractivity contribution is 0.102. The van der Waals surface area contributed by atoms with Crippen molar-refractivity contribution < 1.29 is 9.18 Å². The van der Waals surface area contributed by atoms with Crippen LogP contribution in [-0.2, 0) is 0 Å². The number of carbonyl (C=O) groups is 1. The molecule has 1 aromatic carbocycles. The van der Waals surface area contributed by atoms with Crippen molar-refractivity contribution in [2.24, 2.45) is 0 Å². The molecule has 1 heterocycles. The first-order chi connectivity index (χ1) is 7.59. The highest BCUT2D eigenvalue weighted by Crippen LogP contribution is 2.18. The van der Waals surface area contributed by atoms with Crippen LogP contribution in [-0.4, -0.2) is 15.8 Å². The molecular weight excluding hydrogens is 207 g/mol. The fourth-order valence-corrected chi connectivity index (χ4v) is 1.71. The number of H-pyrrole nitrogens is 1. The molecule has 0 saturated heterocycles. The van der Waals surface area contributed by atoms with Crippen LogP contribution >= 0.6 is 0 Å². The third kappa shape index (κ3) is 1.74. The predicted molar refractivity (Wildman–Crippen MR) is 57.9 cm³/mol. The van der Waals surface area contributed by atoms with Crippen molar-refractivity contribution in [3.8, 4) is 0 Å². The normalized spacial score (nSPS) is 10.4. The zero-order valence-electron chi connectivity index (χ0n) is 9.04. The predicted octanol–water partition coefficient (Wildman–Crippen LogP) is 2.40. The summed E-state index contributed by atoms with van der Waals surface area (Å²) >= 11 is 0. The number of aryl methyl sites for hydroxylation is 2. The molecule has 0 unspecified atom stereocenters. The number of hydrogen-bond donors (Lipinski definition) is 1. The Hall–Kier alpha value is -1.97. The van der Waals surface area contributed by atoms with E-state index in [4.69, 9.17) is 0 Å². The van der Waals surface area contributed by atoms with Crippen molar-refractivity contribution >= 4 is 5.78 Å². The first kappa shape index (κ1) is 10.5. The number of rotatable bonds is 2. The van der Waals surface area contributed by atoms with E-state index >= 15 is 0 Å². The quantitative estimate of drug-likeness (QED) is 0.787. The Kier molecular flexibility index (Phi) is 2.56. The molecule has 3 nitrogen and oxygen atoms in total. The summed E-state index contributed by atoms with van der Waals surface area (Å²) in [5, 5.41) is 0. The molecule has 0 amide bonds. The number of hydrogen-bond acceptors (Lipinski definition) is 2. The molecule has 4 heteroatoms. The van der Waals surface area contributed by atoms with Gasteiger partial charge in [-0.1, -0.05) is 6.07 Å². The van der Waals surface area contributed by atoms with E-state index in [1.807, 2.05) is 0 Å². The summed E-state index contributed by atoms with van der Waals surface area (Å²) in [4.78, 5) is 18.4. The average molecular weight is 218 g/mol. The molecule has 82 valence electrons. The molecule has 0 spiro atoms. The summed E-state index contributed by atoms with van der Waals surface area (Å²) in [7, 11) is 0. The highest BCUT2D eigenvalue weighted by Gasteiger charge is 2.18. The van der Waals surface area contributed by atoms with E-state index in [0.29, 0.717) is 5.56 Å². The second kappa shape index (κ2) is 3.89. The molecule has 2 aromatic rings. The van der Waals surface area contributed by atoms with Gasteiger partial charge in [0.15, 0.2) is 5.82 Å². The summed E-state index contributed by atoms with van der Waals surface area (Å²) in [5.74, 6) is -0.759. The number of aromatic nitrogens is 2. The Morgan fingerprint density at radius 2 is 2.12 bits per heavy atom. The largest absolute Gasteiger partial charge is 0.342 e. The van der Waals surface area contributed by atoms with Gasteiger partial charge in [0.1, 0.15) is 5.82 Å². The van der Waals surface area contributed by atoms with Crippen LogP contribution in [0.3, 0.4) is 0 Å². The van der Waals surface area contributed by atoms with Gasteiger partial charge in [-0.3, -0.25) is 4.79 Å². The number of imidazole rings is 1. The first-order valence-electron chi connectivity index (χ1n) is 4.90. The third-order valence-corrected chi connectivity index (χ3v) is 2.37. The minimum absolute atomic E-state index is 0.0838. The van der Waals surface area contributed by atoms with Crippen LogP contribution in [0.4, 0.5) is 4.39 Å². The van der Waals surface area contributed by atoms with E-state index in [-0.39, 0.29) is 11.4 Å². The van der Waals surface area contributed by atoms with E-state index in [1.54, 1.807) is 19.9 Å². The number of aromatic amines is 1. The van der Waals surface area contributed by atoms with Gasteiger partial charge < -0.3 is 4.98 Å². The van der Waals surface area contributed by atoms with E-state index in [1.165, 1.54) is 18.5 Å². The lowest BCUT2D eigenvalue weighted by Gasteiger charge is -2.06. The maximum absolute atomic E-state index is 13.7. The first-order valence-corrected chi connectivity index (χ1v) is 4.90. The monoisotopic (exact) mass is 218 g/mol. The van der Waals surface area contributed by atoms with Gasteiger partial charge in [-0.15, -0.1) is 0 Å². The van der Waals surface area contributed by atoms with Gasteiger partial charge in [0, 0.05) is 12.4 Å². The Morgan fingerprint density at radius 1 is 1.38 bits per heavy atom. The molecule has 0 saturated carbocycles. The van der Waals surface area contributed by atoms with Crippen LogP contribution in [0.5, 0.6) is 0 Å². The van der Waals surface area contributed by atoms with Crippen LogP contribution < -0.4 is 0 Å². The lowest BCUT2D eigenvalue weighted by Crippen LogP contribution is -2.09. The zero-order chi connectivity index (χ0) is 11.7. The fourth-order valence-electron chi connectivity index (χ4n) is 1.71. The van der Waals surface area contributed by atoms with Gasteiger partial charge in [0.05, 0.1) is 5.56 Å². The van der Waals surface area contributed by atoms with Crippen molar-refractivity contribution in [3.63, 3.8) is 0 Å². The van der Waals surface area contributed by atoms with E-state index in [9.17, 15) is 9.18 Å². The topological polar surface area (TPSA) is 45.8 Å². The maximum Gasteiger partial charge on any atom is 0.231 e. The number of ketones is 1. The van der Waals surface area contributed by atoms with E-state index in [0.717, 1.165) is 5.56 Å². The van der Waals surface area contributed by atoms with Crippen molar-refractivity contribution in [2.45, 2.75) is 13.8 Å². The van der Waals surface area contributed by atoms with Crippen LogP contribution in [0, 0.1) is 19.7 Å². The molecule has 16 heavy (non-hydrogen) atoms. The van der Waals surface area contributed by atoms with Crippen molar-refractivity contribution in [1.82, 2.24) is 9.97 Å². The van der Waals surface area contributed by atoms with Crippen molar-refractivity contribution in [2.75, 3.05) is 0 Å². The molecule has 0 aliphatic rings. The second-order valence-electron chi connectivity index (χ2n) is 3.71. The highest BCUT2D eigenvalue weighted by atomic mass is 19.1. The molecule has 1 aromatic heterocycles. The standard InChI is InChI=1S/C12H11FN2O/c1-7-5-8(2)10(9(13)6-7)11(16)12-14-3-4-15-12/h3-6H,1-2H3,(H,14,15). The number of halogens is 1. The molecule has 1 N–H and O–H groups in total. The molecule has 0 fully saturated rings. The Bertz CT molecular complexity index is 509. The van der Waals surface area contributed by atoms with Crippen molar-refractivity contribution in [1.29, 1.82) is 0 Å². The van der Waals surface area contributed by atoms with Gasteiger partial charge >= 0.3 is 0 Å². The summed E-state index contributed by atoms with van der Waals surface area (Å²) in [6.07, 6.45) is 3.00. The SMILES string of the molecule is Cc1cc(C)c(C(=O)c2ncc[nH]2)c(F)c1. The zero-order valence-corrected chi connectivity index (χ0v) is 9.04. The van der Waals surface area contributed by atoms with Crippen molar-refractivity contribution in [3.05, 3.63) is 52.9 Å². The van der Waals surface area contributed by atoms with E-state index < -0.39 is 11.6 Å². The minimum Gasteiger partial charge on any atom is -0.342 e. The Morgan fingerprint density at radius 3 is 2.69 bits per heavy atom. The smallest absolute Gasteiger partial charge is 0.231 e. The number of nitrogens with zero attached hydrogens (tertiary/aromatic N) is 1. The summed E-state index contributed by atoms with van der Waals surface area (Å²) in [6, 6.07) is 3.13. The number of benzene rings is 1. The average Bonchev–Trinajstić information content (AvgIpc) is 2.67. The van der Waals surface area contributed by atoms with Crippen LogP contribution in [0.2, 0.25) is 0 Å². The van der Waals surface area contributed by atoms with Crippen LogP contribution in [0.25, 0.3) is 0 Å². The van der Waals surface area contributed by atoms with Crippen LogP contribution in [0.1, 0.15) is 27.3 Å².